The quantitative estimate of drug-likeness (QED) is 0.783. The van der Waals surface area contributed by atoms with Crippen molar-refractivity contribution in [3.63, 3.8) is 0 Å². The summed E-state index contributed by atoms with van der Waals surface area (Å²) in [6, 6.07) is 12.4. The molecule has 2 aromatic rings. The highest BCUT2D eigenvalue weighted by atomic mass is 19.1. The average Bonchev–Trinajstić information content (AvgIpc) is 2.73. The van der Waals surface area contributed by atoms with E-state index < -0.39 is 11.8 Å². The number of piperidine rings is 1. The largest absolute Gasteiger partial charge is 0.478 e. The molecule has 2 aromatic carbocycles. The van der Waals surface area contributed by atoms with E-state index in [4.69, 9.17) is 5.11 Å². The van der Waals surface area contributed by atoms with Gasteiger partial charge in [0.25, 0.3) is 5.91 Å². The molecule has 1 saturated heterocycles. The standard InChI is InChI=1S/C22H23FN2O4/c23-19-4-2-1-3-18(19)21(27)25-13-11-17(12-14-25)24-20(26)10-7-15-5-8-16(9-6-15)22(28)29/h1-6,8-9,17H,7,10-14H2,(H,24,26)(H,28,29). The van der Waals surface area contributed by atoms with Gasteiger partial charge in [-0.25, -0.2) is 9.18 Å². The van der Waals surface area contributed by atoms with Crippen molar-refractivity contribution in [3.8, 4) is 0 Å². The number of rotatable bonds is 6. The zero-order chi connectivity index (χ0) is 20.8. The molecule has 0 spiro atoms. The summed E-state index contributed by atoms with van der Waals surface area (Å²) in [5, 5.41) is 11.9. The first-order valence-corrected chi connectivity index (χ1v) is 9.59. The number of nitrogens with zero attached hydrogens (tertiary/aromatic N) is 1. The minimum atomic E-state index is -0.978. The third-order valence-corrected chi connectivity index (χ3v) is 5.09. The lowest BCUT2D eigenvalue weighted by atomic mass is 10.0. The van der Waals surface area contributed by atoms with Crippen LogP contribution in [0.25, 0.3) is 0 Å². The number of benzene rings is 2. The SMILES string of the molecule is O=C(CCc1ccc(C(=O)O)cc1)NC1CCN(C(=O)c2ccccc2F)CC1. The highest BCUT2D eigenvalue weighted by molar-refractivity contribution is 5.94. The molecule has 1 aliphatic heterocycles. The molecule has 0 aromatic heterocycles. The van der Waals surface area contributed by atoms with Gasteiger partial charge in [0, 0.05) is 25.6 Å². The highest BCUT2D eigenvalue weighted by Crippen LogP contribution is 2.16. The van der Waals surface area contributed by atoms with Crippen molar-refractivity contribution in [3.05, 3.63) is 71.0 Å². The number of amides is 2. The fraction of sp³-hybridized carbons (Fsp3) is 0.318. The number of carbonyl (C=O) groups excluding carboxylic acids is 2. The molecule has 152 valence electrons. The van der Waals surface area contributed by atoms with Gasteiger partial charge in [-0.3, -0.25) is 9.59 Å². The predicted octanol–water partition coefficient (Wildman–Crippen LogP) is 2.88. The van der Waals surface area contributed by atoms with E-state index in [1.54, 1.807) is 29.2 Å². The number of aromatic carboxylic acids is 1. The van der Waals surface area contributed by atoms with Crippen molar-refractivity contribution in [2.75, 3.05) is 13.1 Å². The first kappa shape index (κ1) is 20.5. The molecule has 0 atom stereocenters. The Balaban J connectivity index is 1.43. The van der Waals surface area contributed by atoms with E-state index in [2.05, 4.69) is 5.32 Å². The van der Waals surface area contributed by atoms with Crippen LogP contribution in [0.1, 0.15) is 45.5 Å². The summed E-state index contributed by atoms with van der Waals surface area (Å²) in [5.74, 6) is -1.90. The zero-order valence-electron chi connectivity index (χ0n) is 15.9. The lowest BCUT2D eigenvalue weighted by Gasteiger charge is -2.32. The van der Waals surface area contributed by atoms with Crippen molar-refractivity contribution in [2.24, 2.45) is 0 Å². The molecule has 6 nitrogen and oxygen atoms in total. The number of hydrogen-bond acceptors (Lipinski definition) is 3. The first-order valence-electron chi connectivity index (χ1n) is 9.59. The van der Waals surface area contributed by atoms with Crippen LogP contribution in [-0.4, -0.2) is 46.9 Å². The molecule has 0 bridgehead atoms. The maximum absolute atomic E-state index is 13.8. The van der Waals surface area contributed by atoms with Crippen molar-refractivity contribution >= 4 is 17.8 Å². The van der Waals surface area contributed by atoms with Crippen LogP contribution < -0.4 is 5.32 Å². The number of nitrogens with one attached hydrogen (secondary N) is 1. The maximum atomic E-state index is 13.8. The third kappa shape index (κ3) is 5.40. The van der Waals surface area contributed by atoms with Crippen molar-refractivity contribution in [1.29, 1.82) is 0 Å². The third-order valence-electron chi connectivity index (χ3n) is 5.09. The summed E-state index contributed by atoms with van der Waals surface area (Å²) >= 11 is 0. The van der Waals surface area contributed by atoms with E-state index in [-0.39, 0.29) is 29.0 Å². The Hall–Kier alpha value is -3.22. The molecule has 1 aliphatic rings. The Morgan fingerprint density at radius 1 is 1.03 bits per heavy atom. The summed E-state index contributed by atoms with van der Waals surface area (Å²) < 4.78 is 13.8. The molecule has 0 aliphatic carbocycles. The predicted molar refractivity (Wildman–Crippen MR) is 105 cm³/mol. The van der Waals surface area contributed by atoms with Gasteiger partial charge < -0.3 is 15.3 Å². The lowest BCUT2D eigenvalue weighted by molar-refractivity contribution is -0.122. The molecular formula is C22H23FN2O4. The first-order chi connectivity index (χ1) is 13.9. The Kier molecular flexibility index (Phi) is 6.59. The van der Waals surface area contributed by atoms with Gasteiger partial charge >= 0.3 is 5.97 Å². The fourth-order valence-electron chi connectivity index (χ4n) is 3.40. The number of hydrogen-bond donors (Lipinski definition) is 2. The van der Waals surface area contributed by atoms with Crippen molar-refractivity contribution < 1.29 is 23.9 Å². The van der Waals surface area contributed by atoms with Crippen LogP contribution in [0.5, 0.6) is 0 Å². The number of carbonyl (C=O) groups is 3. The number of likely N-dealkylation sites (tertiary alicyclic amines) is 1. The van der Waals surface area contributed by atoms with Gasteiger partial charge in [-0.2, -0.15) is 0 Å². The zero-order valence-corrected chi connectivity index (χ0v) is 15.9. The van der Waals surface area contributed by atoms with Crippen LogP contribution in [0.3, 0.4) is 0 Å². The monoisotopic (exact) mass is 398 g/mol. The summed E-state index contributed by atoms with van der Waals surface area (Å²) in [6.07, 6.45) is 2.08. The second kappa shape index (κ2) is 9.32. The van der Waals surface area contributed by atoms with Crippen LogP contribution in [0.4, 0.5) is 4.39 Å². The molecule has 1 heterocycles. The van der Waals surface area contributed by atoms with Crippen LogP contribution >= 0.6 is 0 Å². The molecule has 0 saturated carbocycles. The van der Waals surface area contributed by atoms with E-state index in [1.807, 2.05) is 0 Å². The molecule has 3 rings (SSSR count). The Bertz CT molecular complexity index is 890. The average molecular weight is 398 g/mol. The molecule has 2 N–H and O–H groups in total. The number of aryl methyl sites for hydroxylation is 1. The highest BCUT2D eigenvalue weighted by Gasteiger charge is 2.25. The lowest BCUT2D eigenvalue weighted by Crippen LogP contribution is -2.46. The number of carboxylic acids is 1. The Labute approximate surface area is 168 Å². The molecular weight excluding hydrogens is 375 g/mol. The van der Waals surface area contributed by atoms with E-state index in [0.29, 0.717) is 38.8 Å². The van der Waals surface area contributed by atoms with E-state index in [0.717, 1.165) is 5.56 Å². The van der Waals surface area contributed by atoms with Crippen LogP contribution in [0, 0.1) is 5.82 Å². The summed E-state index contributed by atoms with van der Waals surface area (Å²) in [5.41, 5.74) is 1.19. The molecule has 29 heavy (non-hydrogen) atoms. The number of carboxylic acid groups (broad SMARTS) is 1. The Morgan fingerprint density at radius 3 is 2.31 bits per heavy atom. The minimum Gasteiger partial charge on any atom is -0.478 e. The smallest absolute Gasteiger partial charge is 0.335 e. The molecule has 2 amide bonds. The normalized spacial score (nSPS) is 14.4. The van der Waals surface area contributed by atoms with Crippen LogP contribution in [-0.2, 0) is 11.2 Å². The van der Waals surface area contributed by atoms with Gasteiger partial charge in [-0.05, 0) is 49.1 Å². The Morgan fingerprint density at radius 2 is 1.69 bits per heavy atom. The van der Waals surface area contributed by atoms with Crippen molar-refractivity contribution in [2.45, 2.75) is 31.7 Å². The van der Waals surface area contributed by atoms with Crippen molar-refractivity contribution in [1.82, 2.24) is 10.2 Å². The topological polar surface area (TPSA) is 86.7 Å². The number of halogens is 1. The van der Waals surface area contributed by atoms with Gasteiger partial charge in [0.15, 0.2) is 0 Å². The van der Waals surface area contributed by atoms with E-state index in [1.165, 1.54) is 24.3 Å². The van der Waals surface area contributed by atoms with Gasteiger partial charge in [-0.15, -0.1) is 0 Å². The molecule has 0 unspecified atom stereocenters. The maximum Gasteiger partial charge on any atom is 0.335 e. The van der Waals surface area contributed by atoms with Crippen LogP contribution in [0.2, 0.25) is 0 Å². The molecule has 0 radical (unpaired) electrons. The van der Waals surface area contributed by atoms with Gasteiger partial charge in [0.2, 0.25) is 5.91 Å². The van der Waals surface area contributed by atoms with E-state index >= 15 is 0 Å². The summed E-state index contributed by atoms with van der Waals surface area (Å²) in [6.45, 7) is 0.934. The van der Waals surface area contributed by atoms with Crippen LogP contribution in [0.15, 0.2) is 48.5 Å². The fourth-order valence-corrected chi connectivity index (χ4v) is 3.40. The van der Waals surface area contributed by atoms with Gasteiger partial charge in [0.1, 0.15) is 5.82 Å². The van der Waals surface area contributed by atoms with Gasteiger partial charge in [-0.1, -0.05) is 24.3 Å². The second-order valence-electron chi connectivity index (χ2n) is 7.12. The van der Waals surface area contributed by atoms with E-state index in [9.17, 15) is 18.8 Å². The second-order valence-corrected chi connectivity index (χ2v) is 7.12. The summed E-state index contributed by atoms with van der Waals surface area (Å²) in [7, 11) is 0. The molecule has 7 heteroatoms. The summed E-state index contributed by atoms with van der Waals surface area (Å²) in [4.78, 5) is 37.1. The minimum absolute atomic E-state index is 0.0124. The van der Waals surface area contributed by atoms with Gasteiger partial charge in [0.05, 0.1) is 11.1 Å². The molecule has 1 fully saturated rings.